The highest BCUT2D eigenvalue weighted by molar-refractivity contribution is 9.10. The molecule has 0 aliphatic rings. The van der Waals surface area contributed by atoms with Gasteiger partial charge in [0.2, 0.25) is 0 Å². The van der Waals surface area contributed by atoms with Crippen LogP contribution in [0.1, 0.15) is 5.56 Å². The van der Waals surface area contributed by atoms with Gasteiger partial charge in [-0.1, -0.05) is 15.9 Å². The lowest BCUT2D eigenvalue weighted by Crippen LogP contribution is -2.19. The van der Waals surface area contributed by atoms with Crippen molar-refractivity contribution in [3.8, 4) is 0 Å². The molecular formula is C10H13BrFNOS. The molecule has 1 aromatic rings. The molecule has 1 unspecified atom stereocenters. The summed E-state index contributed by atoms with van der Waals surface area (Å²) in [5, 5.41) is 3.11. The van der Waals surface area contributed by atoms with Crippen LogP contribution < -0.4 is 5.32 Å². The average Bonchev–Trinajstić information content (AvgIpc) is 2.17. The van der Waals surface area contributed by atoms with Gasteiger partial charge in [0.05, 0.1) is 0 Å². The third-order valence-electron chi connectivity index (χ3n) is 1.89. The Balaban J connectivity index is 2.43. The summed E-state index contributed by atoms with van der Waals surface area (Å²) in [4.78, 5) is 0. The zero-order valence-electron chi connectivity index (χ0n) is 8.43. The van der Waals surface area contributed by atoms with Crippen molar-refractivity contribution >= 4 is 26.7 Å². The van der Waals surface area contributed by atoms with Crippen LogP contribution in [0.15, 0.2) is 22.7 Å². The van der Waals surface area contributed by atoms with Gasteiger partial charge >= 0.3 is 0 Å². The topological polar surface area (TPSA) is 29.1 Å². The van der Waals surface area contributed by atoms with E-state index >= 15 is 0 Å². The minimum atomic E-state index is -0.781. The lowest BCUT2D eigenvalue weighted by atomic mass is 10.2. The lowest BCUT2D eigenvalue weighted by molar-refractivity contribution is 0.621. The SMILES string of the molecule is CS(=O)CCNCc1cc(F)ccc1Br. The minimum absolute atomic E-state index is 0.242. The molecule has 0 fully saturated rings. The van der Waals surface area contributed by atoms with Crippen LogP contribution in [-0.2, 0) is 17.3 Å². The molecule has 0 aromatic heterocycles. The van der Waals surface area contributed by atoms with Crippen LogP contribution in [-0.4, -0.2) is 22.8 Å². The molecule has 0 spiro atoms. The predicted molar refractivity (Wildman–Crippen MR) is 64.7 cm³/mol. The van der Waals surface area contributed by atoms with Crippen LogP contribution in [0.2, 0.25) is 0 Å². The quantitative estimate of drug-likeness (QED) is 0.842. The molecule has 1 atom stereocenters. The van der Waals surface area contributed by atoms with Crippen molar-refractivity contribution in [3.05, 3.63) is 34.1 Å². The van der Waals surface area contributed by atoms with E-state index in [0.717, 1.165) is 10.0 Å². The molecule has 0 amide bonds. The molecule has 0 aliphatic carbocycles. The fourth-order valence-corrected chi connectivity index (χ4v) is 1.94. The van der Waals surface area contributed by atoms with Crippen molar-refractivity contribution in [1.82, 2.24) is 5.32 Å². The number of hydrogen-bond donors (Lipinski definition) is 1. The van der Waals surface area contributed by atoms with E-state index in [0.29, 0.717) is 18.8 Å². The fraction of sp³-hybridized carbons (Fsp3) is 0.400. The normalized spacial score (nSPS) is 12.7. The third-order valence-corrected chi connectivity index (χ3v) is 3.44. The van der Waals surface area contributed by atoms with Crippen LogP contribution >= 0.6 is 15.9 Å². The van der Waals surface area contributed by atoms with Gasteiger partial charge in [-0.25, -0.2) is 4.39 Å². The van der Waals surface area contributed by atoms with Gasteiger partial charge in [0.1, 0.15) is 5.82 Å². The van der Waals surface area contributed by atoms with E-state index in [2.05, 4.69) is 21.2 Å². The Morgan fingerprint density at radius 3 is 2.93 bits per heavy atom. The largest absolute Gasteiger partial charge is 0.312 e. The van der Waals surface area contributed by atoms with Gasteiger partial charge in [-0.05, 0) is 23.8 Å². The van der Waals surface area contributed by atoms with E-state index in [1.807, 2.05) is 0 Å². The van der Waals surface area contributed by atoms with Gasteiger partial charge in [-0.2, -0.15) is 0 Å². The molecule has 0 radical (unpaired) electrons. The Kier molecular flexibility index (Phi) is 5.42. The molecule has 0 heterocycles. The predicted octanol–water partition coefficient (Wildman–Crippen LogP) is 2.06. The van der Waals surface area contributed by atoms with E-state index in [1.54, 1.807) is 12.3 Å². The monoisotopic (exact) mass is 293 g/mol. The summed E-state index contributed by atoms with van der Waals surface area (Å²) in [6.45, 7) is 1.25. The van der Waals surface area contributed by atoms with Crippen molar-refractivity contribution in [2.24, 2.45) is 0 Å². The molecular weight excluding hydrogens is 281 g/mol. The van der Waals surface area contributed by atoms with E-state index in [9.17, 15) is 8.60 Å². The molecule has 15 heavy (non-hydrogen) atoms. The molecule has 1 rings (SSSR count). The number of rotatable bonds is 5. The van der Waals surface area contributed by atoms with Crippen molar-refractivity contribution in [1.29, 1.82) is 0 Å². The van der Waals surface area contributed by atoms with Gasteiger partial charge < -0.3 is 5.32 Å². The smallest absolute Gasteiger partial charge is 0.123 e. The summed E-state index contributed by atoms with van der Waals surface area (Å²) >= 11 is 3.34. The number of hydrogen-bond acceptors (Lipinski definition) is 2. The van der Waals surface area contributed by atoms with Crippen LogP contribution in [0, 0.1) is 5.82 Å². The van der Waals surface area contributed by atoms with E-state index in [1.165, 1.54) is 12.1 Å². The Hall–Kier alpha value is -0.260. The van der Waals surface area contributed by atoms with Crippen molar-refractivity contribution in [2.45, 2.75) is 6.54 Å². The molecule has 2 nitrogen and oxygen atoms in total. The van der Waals surface area contributed by atoms with Crippen LogP contribution in [0.25, 0.3) is 0 Å². The summed E-state index contributed by atoms with van der Waals surface area (Å²) in [7, 11) is -0.781. The number of halogens is 2. The zero-order chi connectivity index (χ0) is 11.3. The van der Waals surface area contributed by atoms with Gasteiger partial charge in [-0.3, -0.25) is 4.21 Å². The first kappa shape index (κ1) is 12.8. The maximum Gasteiger partial charge on any atom is 0.123 e. The molecule has 0 aliphatic heterocycles. The van der Waals surface area contributed by atoms with E-state index in [-0.39, 0.29) is 5.82 Å². The zero-order valence-corrected chi connectivity index (χ0v) is 10.8. The standard InChI is InChI=1S/C10H13BrFNOS/c1-15(14)5-4-13-7-8-6-9(12)2-3-10(8)11/h2-3,6,13H,4-5,7H2,1H3. The van der Waals surface area contributed by atoms with Crippen LogP contribution in [0.3, 0.4) is 0 Å². The highest BCUT2D eigenvalue weighted by atomic mass is 79.9. The molecule has 5 heteroatoms. The van der Waals surface area contributed by atoms with Gasteiger partial charge in [0.15, 0.2) is 0 Å². The van der Waals surface area contributed by atoms with Gasteiger partial charge in [0, 0.05) is 40.4 Å². The summed E-state index contributed by atoms with van der Waals surface area (Å²) in [5.74, 6) is 0.376. The van der Waals surface area contributed by atoms with Gasteiger partial charge in [-0.15, -0.1) is 0 Å². The third kappa shape index (κ3) is 4.86. The second kappa shape index (κ2) is 6.35. The van der Waals surface area contributed by atoms with Crippen LogP contribution in [0.4, 0.5) is 4.39 Å². The van der Waals surface area contributed by atoms with Crippen molar-refractivity contribution < 1.29 is 8.60 Å². The van der Waals surface area contributed by atoms with Crippen molar-refractivity contribution in [3.63, 3.8) is 0 Å². The average molecular weight is 294 g/mol. The first-order valence-electron chi connectivity index (χ1n) is 4.54. The molecule has 1 aromatic carbocycles. The summed E-state index contributed by atoms with van der Waals surface area (Å²) in [6, 6.07) is 4.58. The Labute approximate surface area is 99.8 Å². The van der Waals surface area contributed by atoms with E-state index in [4.69, 9.17) is 0 Å². The second-order valence-corrected chi connectivity index (χ2v) is 5.60. The summed E-state index contributed by atoms with van der Waals surface area (Å²) < 4.78 is 24.5. The minimum Gasteiger partial charge on any atom is -0.312 e. The second-order valence-electron chi connectivity index (χ2n) is 3.19. The molecule has 0 saturated heterocycles. The Bertz CT molecular complexity index is 359. The van der Waals surface area contributed by atoms with Gasteiger partial charge in [0.25, 0.3) is 0 Å². The van der Waals surface area contributed by atoms with Crippen LogP contribution in [0.5, 0.6) is 0 Å². The first-order chi connectivity index (χ1) is 7.09. The van der Waals surface area contributed by atoms with E-state index < -0.39 is 10.8 Å². The maximum atomic E-state index is 12.9. The number of nitrogens with one attached hydrogen (secondary N) is 1. The highest BCUT2D eigenvalue weighted by Gasteiger charge is 2.01. The summed E-state index contributed by atoms with van der Waals surface area (Å²) in [5.41, 5.74) is 0.872. The summed E-state index contributed by atoms with van der Waals surface area (Å²) in [6.07, 6.45) is 1.67. The maximum absolute atomic E-state index is 12.9. The molecule has 0 bridgehead atoms. The highest BCUT2D eigenvalue weighted by Crippen LogP contribution is 2.17. The first-order valence-corrected chi connectivity index (χ1v) is 7.06. The number of benzene rings is 1. The Morgan fingerprint density at radius 1 is 1.53 bits per heavy atom. The lowest BCUT2D eigenvalue weighted by Gasteiger charge is -2.06. The molecule has 1 N–H and O–H groups in total. The van der Waals surface area contributed by atoms with Crippen molar-refractivity contribution in [2.75, 3.05) is 18.6 Å². The fourth-order valence-electron chi connectivity index (χ4n) is 1.12. The molecule has 84 valence electrons. The molecule has 0 saturated carbocycles. The Morgan fingerprint density at radius 2 is 2.27 bits per heavy atom.